The average molecular weight is 440 g/mol. The highest BCUT2D eigenvalue weighted by Gasteiger charge is 2.30. The molecule has 0 bridgehead atoms. The smallest absolute Gasteiger partial charge is 0.387 e. The Kier molecular flexibility index (Phi) is 7.30. The molecule has 3 rings (SSSR count). The van der Waals surface area contributed by atoms with E-state index in [1.807, 2.05) is 24.3 Å². The van der Waals surface area contributed by atoms with Crippen molar-refractivity contribution in [3.8, 4) is 0 Å². The van der Waals surface area contributed by atoms with Gasteiger partial charge in [-0.05, 0) is 41.7 Å². The van der Waals surface area contributed by atoms with Crippen LogP contribution in [0.25, 0.3) is 0 Å². The van der Waals surface area contributed by atoms with Gasteiger partial charge in [-0.2, -0.15) is 24.9 Å². The first-order valence-electron chi connectivity index (χ1n) is 9.28. The Labute approximate surface area is 177 Å². The van der Waals surface area contributed by atoms with Crippen LogP contribution in [0.5, 0.6) is 0 Å². The van der Waals surface area contributed by atoms with Crippen LogP contribution in [0.3, 0.4) is 0 Å². The first kappa shape index (κ1) is 21.8. The van der Waals surface area contributed by atoms with Crippen molar-refractivity contribution in [3.05, 3.63) is 82.0 Å². The van der Waals surface area contributed by atoms with E-state index in [0.29, 0.717) is 29.3 Å². The van der Waals surface area contributed by atoms with Crippen LogP contribution in [0.2, 0.25) is 5.02 Å². The van der Waals surface area contributed by atoms with Crippen LogP contribution in [-0.2, 0) is 16.7 Å². The van der Waals surface area contributed by atoms with Crippen molar-refractivity contribution in [3.63, 3.8) is 0 Å². The molecule has 0 amide bonds. The van der Waals surface area contributed by atoms with Gasteiger partial charge < -0.3 is 5.32 Å². The summed E-state index contributed by atoms with van der Waals surface area (Å²) >= 11 is 7.49. The predicted octanol–water partition coefficient (Wildman–Crippen LogP) is 6.21. The second-order valence-electron chi connectivity index (χ2n) is 6.97. The summed E-state index contributed by atoms with van der Waals surface area (Å²) in [4.78, 5) is 12.1. The summed E-state index contributed by atoms with van der Waals surface area (Å²) in [6.45, 7) is 0.649. The fourth-order valence-electron chi connectivity index (χ4n) is 3.30. The van der Waals surface area contributed by atoms with Crippen molar-refractivity contribution in [2.24, 2.45) is 0 Å². The lowest BCUT2D eigenvalue weighted by Gasteiger charge is -2.23. The number of ketones is 1. The largest absolute Gasteiger partial charge is 0.416 e. The zero-order valence-electron chi connectivity index (χ0n) is 15.6. The molecule has 0 saturated carbocycles. The Morgan fingerprint density at radius 1 is 1.10 bits per heavy atom. The molecule has 2 aromatic carbocycles. The first-order chi connectivity index (χ1) is 13.8. The zero-order chi connectivity index (χ0) is 20.9. The van der Waals surface area contributed by atoms with Crippen molar-refractivity contribution in [1.82, 2.24) is 5.32 Å². The Bertz CT molecular complexity index is 880. The van der Waals surface area contributed by atoms with Crippen LogP contribution in [0.4, 0.5) is 13.2 Å². The number of carbonyl (C=O) groups excluding carboxylic acids is 1. The van der Waals surface area contributed by atoms with E-state index in [4.69, 9.17) is 11.6 Å². The Hall–Kier alpha value is -1.92. The molecular formula is C22H21ClF3NOS. The lowest BCUT2D eigenvalue weighted by atomic mass is 9.85. The highest BCUT2D eigenvalue weighted by atomic mass is 35.5. The highest BCUT2D eigenvalue weighted by Crippen LogP contribution is 2.32. The van der Waals surface area contributed by atoms with Gasteiger partial charge in [0.1, 0.15) is 0 Å². The van der Waals surface area contributed by atoms with Crippen molar-refractivity contribution < 1.29 is 18.0 Å². The molecule has 0 aliphatic heterocycles. The maximum absolute atomic E-state index is 12.8. The summed E-state index contributed by atoms with van der Waals surface area (Å²) in [5.41, 5.74) is 2.03. The van der Waals surface area contributed by atoms with Crippen molar-refractivity contribution in [2.45, 2.75) is 30.7 Å². The molecule has 2 nitrogen and oxygen atoms in total. The molecule has 7 heteroatoms. The van der Waals surface area contributed by atoms with Gasteiger partial charge in [0.2, 0.25) is 0 Å². The van der Waals surface area contributed by atoms with E-state index in [-0.39, 0.29) is 11.7 Å². The Morgan fingerprint density at radius 2 is 1.86 bits per heavy atom. The predicted molar refractivity (Wildman–Crippen MR) is 112 cm³/mol. The van der Waals surface area contributed by atoms with Gasteiger partial charge in [0.15, 0.2) is 5.78 Å². The summed E-state index contributed by atoms with van der Waals surface area (Å²) in [5, 5.41) is 3.97. The monoisotopic (exact) mass is 439 g/mol. The Morgan fingerprint density at radius 3 is 2.59 bits per heavy atom. The van der Waals surface area contributed by atoms with Crippen LogP contribution in [0, 0.1) is 0 Å². The van der Waals surface area contributed by atoms with Crippen molar-refractivity contribution >= 4 is 29.1 Å². The number of alkyl halides is 3. The molecule has 154 valence electrons. The molecule has 29 heavy (non-hydrogen) atoms. The number of hydrogen-bond acceptors (Lipinski definition) is 3. The van der Waals surface area contributed by atoms with Gasteiger partial charge >= 0.3 is 6.18 Å². The van der Waals surface area contributed by atoms with E-state index < -0.39 is 11.7 Å². The van der Waals surface area contributed by atoms with Gasteiger partial charge in [-0.15, -0.1) is 0 Å². The number of hydrogen-bond donors (Lipinski definition) is 1. The zero-order valence-corrected chi connectivity index (χ0v) is 17.2. The lowest BCUT2D eigenvalue weighted by Crippen LogP contribution is -2.23. The quantitative estimate of drug-likeness (QED) is 0.520. The topological polar surface area (TPSA) is 29.1 Å². The highest BCUT2D eigenvalue weighted by molar-refractivity contribution is 7.98. The standard InChI is InChI=1S/C22H21ClF3NOS/c23-19-6-4-16(5-7-19)17-11-20(13-21(28)12-17)27-8-9-29-14-15-2-1-3-18(10-15)22(24,25)26/h1-7,10,13,17,27H,8-9,11-12,14H2/t17-/m0/s1. The lowest BCUT2D eigenvalue weighted by molar-refractivity contribution is -0.137. The molecule has 1 atom stereocenters. The molecule has 0 heterocycles. The number of benzene rings is 2. The number of allylic oxidation sites excluding steroid dienone is 2. The van der Waals surface area contributed by atoms with E-state index in [0.717, 1.165) is 29.5 Å². The molecule has 1 aliphatic carbocycles. The average Bonchev–Trinajstić information content (AvgIpc) is 2.67. The van der Waals surface area contributed by atoms with Gasteiger partial charge in [-0.3, -0.25) is 4.79 Å². The molecule has 1 aliphatic rings. The van der Waals surface area contributed by atoms with Gasteiger partial charge in [0.05, 0.1) is 5.56 Å². The van der Waals surface area contributed by atoms with E-state index >= 15 is 0 Å². The SMILES string of the molecule is O=C1C=C(NCCSCc2cccc(C(F)(F)F)c2)C[C@H](c2ccc(Cl)cc2)C1. The number of halogens is 4. The minimum atomic E-state index is -4.32. The number of thioether (sulfide) groups is 1. The van der Waals surface area contributed by atoms with Crippen molar-refractivity contribution in [1.29, 1.82) is 0 Å². The summed E-state index contributed by atoms with van der Waals surface area (Å²) in [6, 6.07) is 13.0. The minimum absolute atomic E-state index is 0.0929. The van der Waals surface area contributed by atoms with E-state index in [1.54, 1.807) is 23.9 Å². The maximum Gasteiger partial charge on any atom is 0.416 e. The Balaban J connectivity index is 1.45. The molecule has 0 spiro atoms. The van der Waals surface area contributed by atoms with Crippen LogP contribution in [-0.4, -0.2) is 18.1 Å². The third-order valence-electron chi connectivity index (χ3n) is 4.71. The molecule has 2 aromatic rings. The normalized spacial score (nSPS) is 17.2. The number of nitrogens with one attached hydrogen (secondary N) is 1. The van der Waals surface area contributed by atoms with E-state index in [2.05, 4.69) is 5.32 Å². The van der Waals surface area contributed by atoms with Crippen LogP contribution < -0.4 is 5.32 Å². The number of carbonyl (C=O) groups is 1. The van der Waals surface area contributed by atoms with E-state index in [9.17, 15) is 18.0 Å². The van der Waals surface area contributed by atoms with Gasteiger partial charge in [-0.1, -0.05) is 41.9 Å². The molecular weight excluding hydrogens is 419 g/mol. The fraction of sp³-hybridized carbons (Fsp3) is 0.318. The second kappa shape index (κ2) is 9.72. The van der Waals surface area contributed by atoms with Gasteiger partial charge in [0.25, 0.3) is 0 Å². The third kappa shape index (κ3) is 6.54. The molecule has 0 unspecified atom stereocenters. The van der Waals surface area contributed by atoms with Crippen LogP contribution >= 0.6 is 23.4 Å². The molecule has 1 N–H and O–H groups in total. The van der Waals surface area contributed by atoms with Crippen LogP contribution in [0.1, 0.15) is 35.4 Å². The van der Waals surface area contributed by atoms with Gasteiger partial charge in [0, 0.05) is 41.3 Å². The maximum atomic E-state index is 12.8. The summed E-state index contributed by atoms with van der Waals surface area (Å²) in [5.74, 6) is 1.46. The minimum Gasteiger partial charge on any atom is -0.387 e. The van der Waals surface area contributed by atoms with Crippen molar-refractivity contribution in [2.75, 3.05) is 12.3 Å². The fourth-order valence-corrected chi connectivity index (χ4v) is 4.23. The van der Waals surface area contributed by atoms with Gasteiger partial charge in [-0.25, -0.2) is 0 Å². The third-order valence-corrected chi connectivity index (χ3v) is 5.99. The molecule has 0 aromatic heterocycles. The molecule has 0 fully saturated rings. The van der Waals surface area contributed by atoms with E-state index in [1.165, 1.54) is 12.1 Å². The first-order valence-corrected chi connectivity index (χ1v) is 10.8. The summed E-state index contributed by atoms with van der Waals surface area (Å²) in [7, 11) is 0. The molecule has 0 saturated heterocycles. The summed E-state index contributed by atoms with van der Waals surface area (Å²) < 4.78 is 38.3. The summed E-state index contributed by atoms with van der Waals surface area (Å²) in [6.07, 6.45) is -1.42. The second-order valence-corrected chi connectivity index (χ2v) is 8.51. The molecule has 0 radical (unpaired) electrons. The number of rotatable bonds is 7. The van der Waals surface area contributed by atoms with Crippen LogP contribution in [0.15, 0.2) is 60.3 Å².